The van der Waals surface area contributed by atoms with Gasteiger partial charge in [-0.15, -0.1) is 5.10 Å². The van der Waals surface area contributed by atoms with Crippen LogP contribution >= 0.6 is 27.5 Å². The fourth-order valence-electron chi connectivity index (χ4n) is 0.846. The number of halogens is 4. The summed E-state index contributed by atoms with van der Waals surface area (Å²) in [5, 5.41) is 3.59. The van der Waals surface area contributed by atoms with Gasteiger partial charge in [-0.3, -0.25) is 0 Å². The zero-order chi connectivity index (χ0) is 11.9. The number of rotatable bonds is 1. The van der Waals surface area contributed by atoms with Crippen molar-refractivity contribution in [2.45, 2.75) is 6.18 Å². The van der Waals surface area contributed by atoms with Gasteiger partial charge in [0.05, 0.1) is 0 Å². The maximum Gasteiger partial charge on any atom is 0.452 e. The number of nitrogen functional groups attached to an aromatic ring is 1. The molecule has 0 atom stereocenters. The van der Waals surface area contributed by atoms with Crippen molar-refractivity contribution in [2.75, 3.05) is 5.73 Å². The van der Waals surface area contributed by atoms with Gasteiger partial charge in [-0.05, 0) is 15.9 Å². The zero-order valence-corrected chi connectivity index (χ0v) is 9.64. The number of nitrogens with zero attached hydrogens (tertiary/aromatic N) is 5. The van der Waals surface area contributed by atoms with E-state index in [0.29, 0.717) is 11.5 Å². The number of anilines is 1. The molecule has 0 saturated carbocycles. The van der Waals surface area contributed by atoms with Crippen molar-refractivity contribution in [3.63, 3.8) is 0 Å². The summed E-state index contributed by atoms with van der Waals surface area (Å²) < 4.78 is 41.0. The van der Waals surface area contributed by atoms with Crippen LogP contribution < -0.4 is 5.73 Å². The van der Waals surface area contributed by atoms with Crippen molar-refractivity contribution in [1.29, 1.82) is 0 Å². The van der Waals surface area contributed by atoms with Gasteiger partial charge < -0.3 is 5.73 Å². The van der Waals surface area contributed by atoms with Gasteiger partial charge >= 0.3 is 6.18 Å². The summed E-state index contributed by atoms with van der Waals surface area (Å²) >= 11 is 3.53. The molecular formula is C5H2BrF3N6S. The molecule has 0 saturated heterocycles. The smallest absolute Gasteiger partial charge is 0.366 e. The van der Waals surface area contributed by atoms with Crippen LogP contribution in [0.3, 0.4) is 0 Å². The highest BCUT2D eigenvalue weighted by molar-refractivity contribution is 9.10. The number of hydrogen-bond acceptors (Lipinski definition) is 6. The molecule has 2 rings (SSSR count). The largest absolute Gasteiger partial charge is 0.452 e. The van der Waals surface area contributed by atoms with Gasteiger partial charge in [0.25, 0.3) is 0 Å². The Labute approximate surface area is 98.6 Å². The van der Waals surface area contributed by atoms with Crippen LogP contribution in [0.25, 0.3) is 5.13 Å². The van der Waals surface area contributed by atoms with Crippen LogP contribution in [0.5, 0.6) is 0 Å². The van der Waals surface area contributed by atoms with Gasteiger partial charge in [-0.25, -0.2) is 0 Å². The summed E-state index contributed by atoms with van der Waals surface area (Å²) in [7, 11) is 0. The lowest BCUT2D eigenvalue weighted by Gasteiger charge is -1.98. The Hall–Kier alpha value is -1.23. The number of aromatic nitrogens is 5. The van der Waals surface area contributed by atoms with Crippen LogP contribution in [-0.4, -0.2) is 24.1 Å². The molecule has 6 nitrogen and oxygen atoms in total. The third-order valence-corrected chi connectivity index (χ3v) is 2.64. The van der Waals surface area contributed by atoms with Crippen LogP contribution in [0.15, 0.2) is 4.73 Å². The van der Waals surface area contributed by atoms with E-state index in [1.165, 1.54) is 0 Å². The predicted molar refractivity (Wildman–Crippen MR) is 51.9 cm³/mol. The maximum atomic E-state index is 12.2. The number of hydrogen-bond donors (Lipinski definition) is 1. The molecule has 0 spiro atoms. The lowest BCUT2D eigenvalue weighted by atomic mass is 10.6. The fourth-order valence-corrected chi connectivity index (χ4v) is 2.04. The first-order valence-electron chi connectivity index (χ1n) is 3.67. The number of alkyl halides is 3. The second-order valence-corrected chi connectivity index (χ2v) is 3.99. The van der Waals surface area contributed by atoms with Gasteiger partial charge in [0.15, 0.2) is 0 Å². The molecule has 0 amide bonds. The minimum Gasteiger partial charge on any atom is -0.366 e. The molecule has 0 bridgehead atoms. The van der Waals surface area contributed by atoms with Crippen molar-refractivity contribution < 1.29 is 13.2 Å². The standard InChI is InChI=1S/C5H2BrF3N6S/c6-2-12-3(10)13-15(2)4-11-1(14-16-4)5(7,8)9/h(H2,10,13). The van der Waals surface area contributed by atoms with Crippen LogP contribution in [0, 0.1) is 0 Å². The van der Waals surface area contributed by atoms with Crippen molar-refractivity contribution in [2.24, 2.45) is 0 Å². The van der Waals surface area contributed by atoms with Crippen LogP contribution in [0.1, 0.15) is 5.82 Å². The highest BCUT2D eigenvalue weighted by Crippen LogP contribution is 2.29. The molecule has 11 heteroatoms. The highest BCUT2D eigenvalue weighted by Gasteiger charge is 2.36. The first kappa shape index (κ1) is 11.3. The van der Waals surface area contributed by atoms with E-state index in [1.807, 2.05) is 0 Å². The Morgan fingerprint density at radius 2 is 2.00 bits per heavy atom. The Bertz CT molecular complexity index is 518. The predicted octanol–water partition coefficient (Wildman–Crippen LogP) is 1.48. The molecule has 0 aromatic carbocycles. The molecule has 16 heavy (non-hydrogen) atoms. The van der Waals surface area contributed by atoms with E-state index in [2.05, 4.69) is 35.4 Å². The molecule has 2 aromatic rings. The Kier molecular flexibility index (Phi) is 2.58. The fraction of sp³-hybridized carbons (Fsp3) is 0.200. The summed E-state index contributed by atoms with van der Waals surface area (Å²) in [5.74, 6) is -1.29. The molecular weight excluding hydrogens is 313 g/mol. The molecule has 0 aliphatic heterocycles. The summed E-state index contributed by atoms with van der Waals surface area (Å²) in [4.78, 5) is 6.95. The summed E-state index contributed by atoms with van der Waals surface area (Å²) in [6.07, 6.45) is -4.58. The molecule has 86 valence electrons. The number of nitrogens with two attached hydrogens (primary N) is 1. The topological polar surface area (TPSA) is 82.5 Å². The molecule has 0 radical (unpaired) electrons. The first-order valence-corrected chi connectivity index (χ1v) is 5.24. The van der Waals surface area contributed by atoms with Crippen molar-refractivity contribution in [1.82, 2.24) is 24.1 Å². The molecule has 2 N–H and O–H groups in total. The molecule has 0 unspecified atom stereocenters. The van der Waals surface area contributed by atoms with Crippen molar-refractivity contribution >= 4 is 33.4 Å². The van der Waals surface area contributed by atoms with E-state index in [1.54, 1.807) is 0 Å². The van der Waals surface area contributed by atoms with E-state index in [0.717, 1.165) is 4.68 Å². The average molecular weight is 315 g/mol. The van der Waals surface area contributed by atoms with Crippen molar-refractivity contribution in [3.05, 3.63) is 10.6 Å². The van der Waals surface area contributed by atoms with Crippen LogP contribution in [-0.2, 0) is 6.18 Å². The Morgan fingerprint density at radius 3 is 2.44 bits per heavy atom. The Morgan fingerprint density at radius 1 is 1.31 bits per heavy atom. The Balaban J connectivity index is 2.43. The highest BCUT2D eigenvalue weighted by atomic mass is 79.9. The van der Waals surface area contributed by atoms with Crippen LogP contribution in [0.2, 0.25) is 0 Å². The second-order valence-electron chi connectivity index (χ2n) is 2.55. The van der Waals surface area contributed by atoms with E-state index in [-0.39, 0.29) is 15.8 Å². The van der Waals surface area contributed by atoms with Gasteiger partial charge in [0.2, 0.25) is 21.6 Å². The maximum absolute atomic E-state index is 12.2. The second kappa shape index (κ2) is 3.66. The molecule has 0 aliphatic carbocycles. The van der Waals surface area contributed by atoms with E-state index in [9.17, 15) is 13.2 Å². The molecule has 0 aliphatic rings. The van der Waals surface area contributed by atoms with Gasteiger partial charge in [-0.1, -0.05) is 0 Å². The van der Waals surface area contributed by atoms with Crippen molar-refractivity contribution in [3.8, 4) is 5.13 Å². The average Bonchev–Trinajstić information content (AvgIpc) is 2.70. The summed E-state index contributed by atoms with van der Waals surface area (Å²) in [6, 6.07) is 0. The lowest BCUT2D eigenvalue weighted by molar-refractivity contribution is -0.144. The monoisotopic (exact) mass is 314 g/mol. The quantitative estimate of drug-likeness (QED) is 0.862. The van der Waals surface area contributed by atoms with E-state index < -0.39 is 12.0 Å². The SMILES string of the molecule is Nc1nc(Br)n(-c2nc(C(F)(F)F)ns2)n1. The lowest BCUT2D eigenvalue weighted by Crippen LogP contribution is -2.08. The molecule has 2 aromatic heterocycles. The third kappa shape index (κ3) is 2.00. The van der Waals surface area contributed by atoms with E-state index in [4.69, 9.17) is 5.73 Å². The molecule has 0 fully saturated rings. The molecule has 2 heterocycles. The summed E-state index contributed by atoms with van der Waals surface area (Å²) in [6.45, 7) is 0. The minimum absolute atomic E-state index is 0.0663. The zero-order valence-electron chi connectivity index (χ0n) is 7.23. The van der Waals surface area contributed by atoms with Gasteiger partial charge in [0, 0.05) is 11.5 Å². The first-order chi connectivity index (χ1) is 7.38. The van der Waals surface area contributed by atoms with Crippen LogP contribution in [0.4, 0.5) is 19.1 Å². The minimum atomic E-state index is -4.58. The third-order valence-electron chi connectivity index (χ3n) is 1.43. The normalized spacial score (nSPS) is 12.0. The van der Waals surface area contributed by atoms with E-state index >= 15 is 0 Å². The van der Waals surface area contributed by atoms with Gasteiger partial charge in [-0.2, -0.15) is 32.2 Å². The van der Waals surface area contributed by atoms with Gasteiger partial charge in [0.1, 0.15) is 0 Å². The summed E-state index contributed by atoms with van der Waals surface area (Å²) in [5.41, 5.74) is 5.27.